The SMILES string of the molecule is c1ccc(N(c2ccccc2)c2cccc(-c3cccc(N(c4ccccc4)c4cccc5c4sc4ccccc45)c3)c2)cc1. The molecule has 0 aliphatic heterocycles. The van der Waals surface area contributed by atoms with Gasteiger partial charge >= 0.3 is 0 Å². The quantitative estimate of drug-likeness (QED) is 0.181. The van der Waals surface area contributed by atoms with Crippen LogP contribution in [-0.2, 0) is 0 Å². The summed E-state index contributed by atoms with van der Waals surface area (Å²) in [6.07, 6.45) is 0. The molecule has 7 aromatic carbocycles. The zero-order valence-corrected chi connectivity index (χ0v) is 25.4. The molecular weight excluding hydrogens is 565 g/mol. The van der Waals surface area contributed by atoms with E-state index in [0.717, 1.165) is 28.4 Å². The lowest BCUT2D eigenvalue weighted by atomic mass is 10.0. The Labute approximate surface area is 267 Å². The van der Waals surface area contributed by atoms with Crippen molar-refractivity contribution in [1.82, 2.24) is 0 Å². The van der Waals surface area contributed by atoms with Crippen molar-refractivity contribution in [1.29, 1.82) is 0 Å². The highest BCUT2D eigenvalue weighted by Gasteiger charge is 2.19. The standard InChI is InChI=1S/C42H30N2S/c1-4-17-33(18-5-1)43(34-19-6-2-7-20-34)36-23-12-15-31(29-36)32-16-13-24-37(30-32)44(35-21-8-3-9-22-35)40-27-14-26-39-38-25-10-11-28-41(38)45-42(39)40/h1-30H. The van der Waals surface area contributed by atoms with E-state index < -0.39 is 0 Å². The molecule has 1 heterocycles. The van der Waals surface area contributed by atoms with Crippen molar-refractivity contribution in [2.45, 2.75) is 0 Å². The minimum atomic E-state index is 1.12. The van der Waals surface area contributed by atoms with E-state index in [1.165, 1.54) is 37.0 Å². The first-order chi connectivity index (χ1) is 22.3. The number of benzene rings is 7. The van der Waals surface area contributed by atoms with Gasteiger partial charge in [-0.2, -0.15) is 0 Å². The number of thiophene rings is 1. The third kappa shape index (κ3) is 5.14. The normalized spacial score (nSPS) is 11.1. The minimum absolute atomic E-state index is 1.12. The van der Waals surface area contributed by atoms with Crippen molar-refractivity contribution in [3.8, 4) is 11.1 Å². The molecule has 2 nitrogen and oxygen atoms in total. The van der Waals surface area contributed by atoms with Crippen LogP contribution in [0.5, 0.6) is 0 Å². The van der Waals surface area contributed by atoms with Crippen LogP contribution in [0.4, 0.5) is 34.1 Å². The maximum absolute atomic E-state index is 2.39. The molecule has 0 N–H and O–H groups in total. The molecule has 0 bridgehead atoms. The molecule has 0 radical (unpaired) electrons. The third-order valence-corrected chi connectivity index (χ3v) is 9.42. The zero-order chi connectivity index (χ0) is 30.0. The van der Waals surface area contributed by atoms with Crippen molar-refractivity contribution in [2.75, 3.05) is 9.80 Å². The minimum Gasteiger partial charge on any atom is -0.310 e. The van der Waals surface area contributed by atoms with Crippen LogP contribution in [0.25, 0.3) is 31.3 Å². The fourth-order valence-electron chi connectivity index (χ4n) is 6.16. The van der Waals surface area contributed by atoms with Gasteiger partial charge in [-0.15, -0.1) is 11.3 Å². The molecule has 1 aromatic heterocycles. The maximum Gasteiger partial charge on any atom is 0.0640 e. The Bertz CT molecular complexity index is 2180. The Hall–Kier alpha value is -5.64. The Kier molecular flexibility index (Phi) is 7.07. The van der Waals surface area contributed by atoms with Gasteiger partial charge in [0.2, 0.25) is 0 Å². The molecule has 0 fully saturated rings. The molecule has 0 amide bonds. The van der Waals surface area contributed by atoms with Gasteiger partial charge in [0.25, 0.3) is 0 Å². The van der Waals surface area contributed by atoms with Gasteiger partial charge in [0.15, 0.2) is 0 Å². The van der Waals surface area contributed by atoms with Crippen LogP contribution in [0.2, 0.25) is 0 Å². The molecule has 45 heavy (non-hydrogen) atoms. The van der Waals surface area contributed by atoms with E-state index >= 15 is 0 Å². The summed E-state index contributed by atoms with van der Waals surface area (Å²) in [7, 11) is 0. The highest BCUT2D eigenvalue weighted by atomic mass is 32.1. The highest BCUT2D eigenvalue weighted by Crippen LogP contribution is 2.45. The Balaban J connectivity index is 1.26. The summed E-state index contributed by atoms with van der Waals surface area (Å²) >= 11 is 1.86. The van der Waals surface area contributed by atoms with Crippen LogP contribution in [0.1, 0.15) is 0 Å². The van der Waals surface area contributed by atoms with Gasteiger partial charge in [-0.3, -0.25) is 0 Å². The Morgan fingerprint density at radius 2 is 0.778 bits per heavy atom. The summed E-state index contributed by atoms with van der Waals surface area (Å²) in [6.45, 7) is 0. The summed E-state index contributed by atoms with van der Waals surface area (Å²) < 4.78 is 2.59. The van der Waals surface area contributed by atoms with E-state index in [2.05, 4.69) is 192 Å². The van der Waals surface area contributed by atoms with Gasteiger partial charge in [0.1, 0.15) is 0 Å². The summed E-state index contributed by atoms with van der Waals surface area (Å²) in [5.41, 5.74) is 9.14. The molecule has 0 spiro atoms. The van der Waals surface area contributed by atoms with Crippen LogP contribution < -0.4 is 9.80 Å². The number of rotatable bonds is 7. The zero-order valence-electron chi connectivity index (χ0n) is 24.6. The number of hydrogen-bond acceptors (Lipinski definition) is 3. The summed E-state index contributed by atoms with van der Waals surface area (Å²) in [4.78, 5) is 4.71. The first-order valence-corrected chi connectivity index (χ1v) is 16.0. The predicted molar refractivity (Wildman–Crippen MR) is 194 cm³/mol. The lowest BCUT2D eigenvalue weighted by Crippen LogP contribution is -2.10. The van der Waals surface area contributed by atoms with Crippen molar-refractivity contribution >= 4 is 65.6 Å². The first-order valence-electron chi connectivity index (χ1n) is 15.2. The summed E-state index contributed by atoms with van der Waals surface area (Å²) in [5.74, 6) is 0. The van der Waals surface area contributed by atoms with Crippen LogP contribution in [0, 0.1) is 0 Å². The molecule has 0 aliphatic carbocycles. The molecule has 0 aliphatic rings. The monoisotopic (exact) mass is 594 g/mol. The molecule has 3 heteroatoms. The van der Waals surface area contributed by atoms with E-state index in [1.807, 2.05) is 11.3 Å². The van der Waals surface area contributed by atoms with E-state index in [-0.39, 0.29) is 0 Å². The van der Waals surface area contributed by atoms with Crippen LogP contribution >= 0.6 is 11.3 Å². The van der Waals surface area contributed by atoms with E-state index in [1.54, 1.807) is 0 Å². The van der Waals surface area contributed by atoms with Gasteiger partial charge in [-0.1, -0.05) is 109 Å². The van der Waals surface area contributed by atoms with E-state index in [9.17, 15) is 0 Å². The molecule has 0 atom stereocenters. The predicted octanol–water partition coefficient (Wildman–Crippen LogP) is 12.7. The molecule has 8 aromatic rings. The van der Waals surface area contributed by atoms with E-state index in [4.69, 9.17) is 0 Å². The number of anilines is 6. The van der Waals surface area contributed by atoms with Crippen molar-refractivity contribution in [3.63, 3.8) is 0 Å². The molecule has 214 valence electrons. The van der Waals surface area contributed by atoms with Gasteiger partial charge in [-0.05, 0) is 83.9 Å². The van der Waals surface area contributed by atoms with Crippen molar-refractivity contribution < 1.29 is 0 Å². The maximum atomic E-state index is 2.39. The molecule has 8 rings (SSSR count). The number of hydrogen-bond donors (Lipinski definition) is 0. The largest absolute Gasteiger partial charge is 0.310 e. The second-order valence-corrected chi connectivity index (χ2v) is 12.1. The number of nitrogens with zero attached hydrogens (tertiary/aromatic N) is 2. The fraction of sp³-hybridized carbons (Fsp3) is 0. The number of para-hydroxylation sites is 3. The summed E-state index contributed by atoms with van der Waals surface area (Å²) in [5, 5.41) is 2.60. The molecular formula is C42H30N2S. The second kappa shape index (κ2) is 11.8. The van der Waals surface area contributed by atoms with Gasteiger partial charge in [0.05, 0.1) is 10.4 Å². The van der Waals surface area contributed by atoms with Crippen LogP contribution in [0.3, 0.4) is 0 Å². The van der Waals surface area contributed by atoms with Gasteiger partial charge in [-0.25, -0.2) is 0 Å². The van der Waals surface area contributed by atoms with Gasteiger partial charge < -0.3 is 9.80 Å². The highest BCUT2D eigenvalue weighted by molar-refractivity contribution is 7.26. The lowest BCUT2D eigenvalue weighted by Gasteiger charge is -2.27. The van der Waals surface area contributed by atoms with Crippen LogP contribution in [-0.4, -0.2) is 0 Å². The van der Waals surface area contributed by atoms with Crippen molar-refractivity contribution in [3.05, 3.63) is 182 Å². The fourth-order valence-corrected chi connectivity index (χ4v) is 7.37. The Morgan fingerprint density at radius 1 is 0.333 bits per heavy atom. The van der Waals surface area contributed by atoms with E-state index in [0.29, 0.717) is 0 Å². The molecule has 0 unspecified atom stereocenters. The van der Waals surface area contributed by atoms with Gasteiger partial charge in [0, 0.05) is 43.9 Å². The van der Waals surface area contributed by atoms with Crippen LogP contribution in [0.15, 0.2) is 182 Å². The average molecular weight is 595 g/mol. The van der Waals surface area contributed by atoms with Crippen molar-refractivity contribution in [2.24, 2.45) is 0 Å². The average Bonchev–Trinajstić information content (AvgIpc) is 3.50. The number of fused-ring (bicyclic) bond motifs is 3. The third-order valence-electron chi connectivity index (χ3n) is 8.21. The smallest absolute Gasteiger partial charge is 0.0640 e. The lowest BCUT2D eigenvalue weighted by molar-refractivity contribution is 1.28. The Morgan fingerprint density at radius 3 is 1.38 bits per heavy atom. The second-order valence-electron chi connectivity index (χ2n) is 11.0. The first kappa shape index (κ1) is 26.9. The molecule has 0 saturated carbocycles. The molecule has 0 saturated heterocycles. The topological polar surface area (TPSA) is 6.48 Å². The summed E-state index contributed by atoms with van der Waals surface area (Å²) in [6, 6.07) is 64.9.